The average Bonchev–Trinajstić information content (AvgIpc) is 2.59. The summed E-state index contributed by atoms with van der Waals surface area (Å²) in [7, 11) is -3.68. The molecule has 7 heteroatoms. The third-order valence-electron chi connectivity index (χ3n) is 2.88. The fraction of sp³-hybridized carbons (Fsp3) is 0.778. The van der Waals surface area contributed by atoms with Gasteiger partial charge in [0.2, 0.25) is 10.0 Å². The molecule has 1 aliphatic heterocycles. The predicted molar refractivity (Wildman–Crippen MR) is 55.9 cm³/mol. The van der Waals surface area contributed by atoms with E-state index in [1.165, 1.54) is 6.92 Å². The van der Waals surface area contributed by atoms with Gasteiger partial charge in [-0.25, -0.2) is 8.42 Å². The van der Waals surface area contributed by atoms with Gasteiger partial charge in [0.1, 0.15) is 0 Å². The summed E-state index contributed by atoms with van der Waals surface area (Å²) in [6, 6.07) is 1.66. The van der Waals surface area contributed by atoms with Gasteiger partial charge in [-0.1, -0.05) is 6.92 Å². The molecular formula is C9H14N2O4S. The van der Waals surface area contributed by atoms with Crippen molar-refractivity contribution in [2.75, 3.05) is 13.1 Å². The van der Waals surface area contributed by atoms with Gasteiger partial charge in [-0.3, -0.25) is 4.79 Å². The first-order valence-electron chi connectivity index (χ1n) is 4.92. The first kappa shape index (κ1) is 12.9. The van der Waals surface area contributed by atoms with Gasteiger partial charge < -0.3 is 5.11 Å². The van der Waals surface area contributed by atoms with Crippen LogP contribution in [0.2, 0.25) is 0 Å². The third kappa shape index (κ3) is 2.18. The van der Waals surface area contributed by atoms with E-state index in [9.17, 15) is 13.2 Å². The highest BCUT2D eigenvalue weighted by Crippen LogP contribution is 2.26. The van der Waals surface area contributed by atoms with Crippen LogP contribution in [0.25, 0.3) is 0 Å². The van der Waals surface area contributed by atoms with E-state index in [4.69, 9.17) is 10.4 Å². The zero-order chi connectivity index (χ0) is 12.5. The molecule has 0 spiro atoms. The molecule has 0 radical (unpaired) electrons. The summed E-state index contributed by atoms with van der Waals surface area (Å²) in [5, 5.41) is 16.3. The smallest absolute Gasteiger partial charge is 0.308 e. The minimum atomic E-state index is -3.68. The van der Waals surface area contributed by atoms with Crippen LogP contribution in [-0.2, 0) is 14.8 Å². The van der Waals surface area contributed by atoms with Crippen LogP contribution < -0.4 is 0 Å². The number of carboxylic acids is 1. The molecule has 0 aromatic carbocycles. The number of aliphatic carboxylic acids is 1. The maximum absolute atomic E-state index is 11.8. The van der Waals surface area contributed by atoms with Gasteiger partial charge in [0.05, 0.1) is 12.0 Å². The molecule has 0 bridgehead atoms. The van der Waals surface area contributed by atoms with E-state index in [0.29, 0.717) is 0 Å². The summed E-state index contributed by atoms with van der Waals surface area (Å²) >= 11 is 0. The molecular weight excluding hydrogens is 232 g/mol. The molecule has 0 aromatic heterocycles. The number of carboxylic acid groups (broad SMARTS) is 1. The minimum absolute atomic E-state index is 0.0369. The van der Waals surface area contributed by atoms with Crippen LogP contribution in [-0.4, -0.2) is 42.1 Å². The van der Waals surface area contributed by atoms with Crippen molar-refractivity contribution >= 4 is 16.0 Å². The number of hydrogen-bond donors (Lipinski definition) is 1. The van der Waals surface area contributed by atoms with Crippen LogP contribution in [0.4, 0.5) is 0 Å². The third-order valence-corrected chi connectivity index (χ3v) is 4.90. The van der Waals surface area contributed by atoms with Crippen molar-refractivity contribution in [3.8, 4) is 6.07 Å². The lowest BCUT2D eigenvalue weighted by molar-refractivity contribution is -0.142. The van der Waals surface area contributed by atoms with Crippen molar-refractivity contribution in [2.24, 2.45) is 11.8 Å². The van der Waals surface area contributed by atoms with E-state index in [2.05, 4.69) is 0 Å². The Morgan fingerprint density at radius 3 is 2.50 bits per heavy atom. The highest BCUT2D eigenvalue weighted by molar-refractivity contribution is 7.89. The van der Waals surface area contributed by atoms with Crippen LogP contribution >= 0.6 is 0 Å². The molecule has 0 aromatic rings. The number of carbonyl (C=O) groups is 1. The van der Waals surface area contributed by atoms with Gasteiger partial charge in [-0.05, 0) is 12.8 Å². The molecule has 0 aliphatic carbocycles. The first-order valence-corrected chi connectivity index (χ1v) is 6.42. The van der Waals surface area contributed by atoms with Crippen molar-refractivity contribution in [1.29, 1.82) is 5.26 Å². The van der Waals surface area contributed by atoms with Gasteiger partial charge in [0, 0.05) is 13.1 Å². The lowest BCUT2D eigenvalue weighted by Gasteiger charge is -2.17. The fourth-order valence-electron chi connectivity index (χ4n) is 1.74. The molecule has 1 heterocycles. The zero-order valence-corrected chi connectivity index (χ0v) is 9.94. The Kier molecular flexibility index (Phi) is 3.55. The van der Waals surface area contributed by atoms with Crippen molar-refractivity contribution in [1.82, 2.24) is 4.31 Å². The van der Waals surface area contributed by atoms with Gasteiger partial charge in [0.15, 0.2) is 5.25 Å². The van der Waals surface area contributed by atoms with E-state index in [1.807, 2.05) is 0 Å². The van der Waals surface area contributed by atoms with E-state index in [-0.39, 0.29) is 19.0 Å². The summed E-state index contributed by atoms with van der Waals surface area (Å²) < 4.78 is 24.7. The maximum atomic E-state index is 11.8. The first-order chi connectivity index (χ1) is 7.30. The van der Waals surface area contributed by atoms with Gasteiger partial charge in [-0.2, -0.15) is 9.57 Å². The Morgan fingerprint density at radius 1 is 1.56 bits per heavy atom. The molecule has 1 N–H and O–H groups in total. The highest BCUT2D eigenvalue weighted by atomic mass is 32.2. The van der Waals surface area contributed by atoms with E-state index >= 15 is 0 Å². The summed E-state index contributed by atoms with van der Waals surface area (Å²) in [6.07, 6.45) is 0. The molecule has 1 unspecified atom stereocenters. The Labute approximate surface area is 94.5 Å². The molecule has 1 aliphatic rings. The molecule has 90 valence electrons. The summed E-state index contributed by atoms with van der Waals surface area (Å²) in [4.78, 5) is 10.8. The van der Waals surface area contributed by atoms with Crippen molar-refractivity contribution in [3.05, 3.63) is 0 Å². The second-order valence-corrected chi connectivity index (χ2v) is 6.31. The molecule has 16 heavy (non-hydrogen) atoms. The molecule has 1 saturated heterocycles. The van der Waals surface area contributed by atoms with Crippen molar-refractivity contribution in [3.63, 3.8) is 0 Å². The van der Waals surface area contributed by atoms with Crippen LogP contribution in [0, 0.1) is 23.2 Å². The van der Waals surface area contributed by atoms with Gasteiger partial charge in [-0.15, -0.1) is 0 Å². The van der Waals surface area contributed by atoms with E-state index < -0.39 is 27.2 Å². The Morgan fingerprint density at radius 2 is 2.12 bits per heavy atom. The summed E-state index contributed by atoms with van der Waals surface area (Å²) in [5.74, 6) is -1.89. The van der Waals surface area contributed by atoms with E-state index in [0.717, 1.165) is 4.31 Å². The Bertz CT molecular complexity index is 425. The summed E-state index contributed by atoms with van der Waals surface area (Å²) in [6.45, 7) is 3.13. The topological polar surface area (TPSA) is 98.5 Å². The molecule has 1 rings (SSSR count). The Balaban J connectivity index is 2.88. The molecule has 0 amide bonds. The molecule has 0 saturated carbocycles. The zero-order valence-electron chi connectivity index (χ0n) is 9.12. The summed E-state index contributed by atoms with van der Waals surface area (Å²) in [5.41, 5.74) is 0. The number of sulfonamides is 1. The number of nitrogens with zero attached hydrogens (tertiary/aromatic N) is 2. The normalized spacial score (nSPS) is 28.6. The fourth-order valence-corrected chi connectivity index (χ4v) is 3.13. The largest absolute Gasteiger partial charge is 0.481 e. The van der Waals surface area contributed by atoms with E-state index in [1.54, 1.807) is 13.0 Å². The van der Waals surface area contributed by atoms with Gasteiger partial charge >= 0.3 is 5.97 Å². The van der Waals surface area contributed by atoms with Crippen LogP contribution in [0.15, 0.2) is 0 Å². The van der Waals surface area contributed by atoms with Crippen molar-refractivity contribution in [2.45, 2.75) is 19.1 Å². The second-order valence-electron chi connectivity index (χ2n) is 4.06. The van der Waals surface area contributed by atoms with Crippen LogP contribution in [0.5, 0.6) is 0 Å². The molecule has 3 atom stereocenters. The predicted octanol–water partition coefficient (Wildman–Crippen LogP) is -0.119. The van der Waals surface area contributed by atoms with Gasteiger partial charge in [0.25, 0.3) is 0 Å². The van der Waals surface area contributed by atoms with Crippen molar-refractivity contribution < 1.29 is 18.3 Å². The van der Waals surface area contributed by atoms with Crippen LogP contribution in [0.3, 0.4) is 0 Å². The maximum Gasteiger partial charge on any atom is 0.308 e. The monoisotopic (exact) mass is 246 g/mol. The quantitative estimate of drug-likeness (QED) is 0.748. The lowest BCUT2D eigenvalue weighted by atomic mass is 9.99. The standard InChI is InChI=1S/C9H14N2O4S/c1-6-4-11(5-8(6)9(12)13)16(14,15)7(2)3-10/h6-8H,4-5H2,1-2H3,(H,12,13)/t6-,7?,8-/m1/s1. The van der Waals surface area contributed by atoms with Crippen LogP contribution in [0.1, 0.15) is 13.8 Å². The average molecular weight is 246 g/mol. The minimum Gasteiger partial charge on any atom is -0.481 e. The second kappa shape index (κ2) is 4.39. The molecule has 6 nitrogen and oxygen atoms in total. The number of hydrogen-bond acceptors (Lipinski definition) is 4. The number of nitriles is 1. The number of rotatable bonds is 3. The SMILES string of the molecule is CC(C#N)S(=O)(=O)N1C[C@@H](C)[C@H](C(=O)O)C1. The Hall–Kier alpha value is -1.13. The lowest BCUT2D eigenvalue weighted by Crippen LogP contribution is -2.36. The highest BCUT2D eigenvalue weighted by Gasteiger charge is 2.41. The molecule has 1 fully saturated rings.